The lowest BCUT2D eigenvalue weighted by Gasteiger charge is -2.19. The molecule has 0 fully saturated rings. The van der Waals surface area contributed by atoms with Gasteiger partial charge in [-0.2, -0.15) is 4.58 Å². The van der Waals surface area contributed by atoms with E-state index in [1.165, 1.54) is 51.4 Å². The molecule has 0 saturated heterocycles. The van der Waals surface area contributed by atoms with E-state index in [-0.39, 0.29) is 0 Å². The van der Waals surface area contributed by atoms with Crippen LogP contribution < -0.4 is 0 Å². The molecule has 0 radical (unpaired) electrons. The summed E-state index contributed by atoms with van der Waals surface area (Å²) in [6.45, 7) is 9.45. The van der Waals surface area contributed by atoms with Crippen molar-refractivity contribution in [2.24, 2.45) is 11.8 Å². The van der Waals surface area contributed by atoms with Gasteiger partial charge in [-0.25, -0.2) is 0 Å². The molecule has 19 heavy (non-hydrogen) atoms. The molecule has 2 heterocycles. The van der Waals surface area contributed by atoms with Crippen molar-refractivity contribution < 1.29 is 4.58 Å². The van der Waals surface area contributed by atoms with Gasteiger partial charge in [0.2, 0.25) is 11.8 Å². The normalized spacial score (nSPS) is 31.7. The van der Waals surface area contributed by atoms with E-state index < -0.39 is 0 Å². The lowest BCUT2D eigenvalue weighted by molar-refractivity contribution is -0.440. The van der Waals surface area contributed by atoms with E-state index in [4.69, 9.17) is 0 Å². The van der Waals surface area contributed by atoms with Gasteiger partial charge in [-0.1, -0.05) is 34.1 Å². The molecular formula is C18H32N+. The minimum atomic E-state index is 0.441. The van der Waals surface area contributed by atoms with Crippen LogP contribution in [0, 0.1) is 11.8 Å². The van der Waals surface area contributed by atoms with Gasteiger partial charge in [-0.15, -0.1) is 0 Å². The van der Waals surface area contributed by atoms with E-state index in [1.807, 2.05) is 0 Å². The van der Waals surface area contributed by atoms with Gasteiger partial charge in [0.25, 0.3) is 0 Å². The fourth-order valence-corrected chi connectivity index (χ4v) is 3.51. The maximum Gasteiger partial charge on any atom is 0.243 e. The molecule has 1 nitrogen and oxygen atoms in total. The largest absolute Gasteiger partial charge is 0.243 e. The van der Waals surface area contributed by atoms with Gasteiger partial charge in [0.05, 0.1) is 0 Å². The monoisotopic (exact) mass is 262 g/mol. The fourth-order valence-electron chi connectivity index (χ4n) is 3.51. The van der Waals surface area contributed by atoms with Gasteiger partial charge in [0, 0.05) is 12.8 Å². The van der Waals surface area contributed by atoms with Crippen molar-refractivity contribution >= 4 is 6.21 Å². The van der Waals surface area contributed by atoms with Crippen LogP contribution >= 0.6 is 0 Å². The molecule has 0 spiro atoms. The predicted molar refractivity (Wildman–Crippen MR) is 83.8 cm³/mol. The van der Waals surface area contributed by atoms with Gasteiger partial charge < -0.3 is 0 Å². The Morgan fingerprint density at radius 1 is 1.42 bits per heavy atom. The van der Waals surface area contributed by atoms with Gasteiger partial charge in [0.15, 0.2) is 6.20 Å². The van der Waals surface area contributed by atoms with Crippen LogP contribution in [0.5, 0.6) is 0 Å². The van der Waals surface area contributed by atoms with Gasteiger partial charge in [0.1, 0.15) is 0 Å². The van der Waals surface area contributed by atoms with Crippen LogP contribution in [0.4, 0.5) is 0 Å². The molecule has 0 amide bonds. The first-order valence-corrected chi connectivity index (χ1v) is 8.43. The molecule has 2 aliphatic heterocycles. The van der Waals surface area contributed by atoms with Crippen molar-refractivity contribution in [1.82, 2.24) is 0 Å². The first-order chi connectivity index (χ1) is 9.09. The molecule has 0 aromatic rings. The van der Waals surface area contributed by atoms with Crippen LogP contribution in [-0.2, 0) is 0 Å². The SMILES string of the molecule is CCCC12C=[N+]1C=C(CCC(C)CC)CCC(C)C2. The van der Waals surface area contributed by atoms with E-state index in [0.29, 0.717) is 5.54 Å². The van der Waals surface area contributed by atoms with Crippen LogP contribution in [0.3, 0.4) is 0 Å². The van der Waals surface area contributed by atoms with E-state index in [9.17, 15) is 0 Å². The Labute approximate surface area is 119 Å². The zero-order valence-electron chi connectivity index (χ0n) is 13.4. The van der Waals surface area contributed by atoms with Crippen LogP contribution in [0.2, 0.25) is 0 Å². The highest BCUT2D eigenvalue weighted by Crippen LogP contribution is 2.38. The predicted octanol–water partition coefficient (Wildman–Crippen LogP) is 5.15. The van der Waals surface area contributed by atoms with Crippen molar-refractivity contribution in [1.29, 1.82) is 0 Å². The molecule has 0 bridgehead atoms. The molecule has 2 rings (SSSR count). The second-order valence-corrected chi connectivity index (χ2v) is 7.08. The average molecular weight is 262 g/mol. The summed E-state index contributed by atoms with van der Waals surface area (Å²) in [6.07, 6.45) is 15.7. The molecule has 0 aromatic heterocycles. The molecule has 0 N–H and O–H groups in total. The summed E-state index contributed by atoms with van der Waals surface area (Å²) in [5.41, 5.74) is 2.14. The van der Waals surface area contributed by atoms with Crippen molar-refractivity contribution in [3.05, 3.63) is 11.8 Å². The smallest absolute Gasteiger partial charge is 0.187 e. The summed E-state index contributed by atoms with van der Waals surface area (Å²) >= 11 is 0. The zero-order chi connectivity index (χ0) is 13.9. The summed E-state index contributed by atoms with van der Waals surface area (Å²) in [6, 6.07) is 0. The summed E-state index contributed by atoms with van der Waals surface area (Å²) in [5.74, 6) is 1.75. The first kappa shape index (κ1) is 14.8. The average Bonchev–Trinajstić information content (AvgIpc) is 3.01. The third-order valence-corrected chi connectivity index (χ3v) is 5.15. The third-order valence-electron chi connectivity index (χ3n) is 5.15. The van der Waals surface area contributed by atoms with Crippen molar-refractivity contribution in [3.63, 3.8) is 0 Å². The molecular weight excluding hydrogens is 230 g/mol. The van der Waals surface area contributed by atoms with Crippen LogP contribution in [0.25, 0.3) is 0 Å². The van der Waals surface area contributed by atoms with Crippen LogP contribution in [-0.4, -0.2) is 16.3 Å². The number of fused-ring (bicyclic) bond motifs is 1. The Balaban J connectivity index is 1.98. The Bertz CT molecular complexity index is 366. The maximum absolute atomic E-state index is 2.54. The molecule has 2 aliphatic rings. The molecule has 1 heteroatoms. The molecule has 108 valence electrons. The van der Waals surface area contributed by atoms with Gasteiger partial charge in [-0.3, -0.25) is 0 Å². The second kappa shape index (κ2) is 6.24. The molecule has 3 unspecified atom stereocenters. The number of hydrogen-bond donors (Lipinski definition) is 0. The second-order valence-electron chi connectivity index (χ2n) is 7.08. The van der Waals surface area contributed by atoms with E-state index >= 15 is 0 Å². The lowest BCUT2D eigenvalue weighted by atomic mass is 9.85. The summed E-state index contributed by atoms with van der Waals surface area (Å²) in [4.78, 5) is 0. The first-order valence-electron chi connectivity index (χ1n) is 8.43. The van der Waals surface area contributed by atoms with E-state index in [2.05, 4.69) is 44.7 Å². The quantitative estimate of drug-likeness (QED) is 0.582. The standard InChI is InChI=1S/C18H32N/c1-5-11-18-12-16(4)8-10-17(13-19(18)14-18)9-7-15(3)6-2/h13-16H,5-12H2,1-4H3/q+1. The fraction of sp³-hybridized carbons (Fsp3) is 0.833. The van der Waals surface area contributed by atoms with Crippen molar-refractivity contribution in [2.75, 3.05) is 0 Å². The van der Waals surface area contributed by atoms with Crippen LogP contribution in [0.15, 0.2) is 11.8 Å². The molecule has 0 aliphatic carbocycles. The van der Waals surface area contributed by atoms with Gasteiger partial charge in [-0.05, 0) is 49.5 Å². The molecule has 0 saturated carbocycles. The number of allylic oxidation sites excluding steroid dienone is 1. The highest BCUT2D eigenvalue weighted by molar-refractivity contribution is 5.73. The number of rotatable bonds is 6. The zero-order valence-corrected chi connectivity index (χ0v) is 13.4. The highest BCUT2D eigenvalue weighted by Gasteiger charge is 2.54. The minimum Gasteiger partial charge on any atom is -0.187 e. The topological polar surface area (TPSA) is 3.01 Å². The maximum atomic E-state index is 2.54. The summed E-state index contributed by atoms with van der Waals surface area (Å²) in [7, 11) is 0. The minimum absolute atomic E-state index is 0.441. The summed E-state index contributed by atoms with van der Waals surface area (Å²) < 4.78 is 2.54. The molecule has 0 aromatic carbocycles. The summed E-state index contributed by atoms with van der Waals surface area (Å²) in [5, 5.41) is 0. The highest BCUT2D eigenvalue weighted by atomic mass is 15.2. The van der Waals surface area contributed by atoms with Crippen LogP contribution in [0.1, 0.15) is 79.1 Å². The third kappa shape index (κ3) is 3.70. The van der Waals surface area contributed by atoms with E-state index in [1.54, 1.807) is 5.57 Å². The Morgan fingerprint density at radius 2 is 2.21 bits per heavy atom. The van der Waals surface area contributed by atoms with Crippen molar-refractivity contribution in [2.45, 2.75) is 84.6 Å². The Morgan fingerprint density at radius 3 is 2.89 bits per heavy atom. The van der Waals surface area contributed by atoms with Crippen molar-refractivity contribution in [3.8, 4) is 0 Å². The lowest BCUT2D eigenvalue weighted by Crippen LogP contribution is -2.25. The number of hydrogen-bond acceptors (Lipinski definition) is 0. The van der Waals surface area contributed by atoms with Gasteiger partial charge >= 0.3 is 0 Å². The Hall–Kier alpha value is -0.590. The molecule has 3 atom stereocenters. The number of nitrogens with zero attached hydrogens (tertiary/aromatic N) is 1. The van der Waals surface area contributed by atoms with E-state index in [0.717, 1.165) is 11.8 Å². The Kier molecular flexibility index (Phi) is 4.86.